The number of aromatic nitrogens is 2. The summed E-state index contributed by atoms with van der Waals surface area (Å²) in [6.07, 6.45) is 0. The van der Waals surface area contributed by atoms with Gasteiger partial charge in [0.25, 0.3) is 0 Å². The molecule has 1 unspecified atom stereocenters. The maximum Gasteiger partial charge on any atom is 0.123 e. The van der Waals surface area contributed by atoms with Crippen LogP contribution in [0.3, 0.4) is 0 Å². The average molecular weight is 249 g/mol. The van der Waals surface area contributed by atoms with E-state index >= 15 is 0 Å². The Hall–Kier alpha value is -2.04. The summed E-state index contributed by atoms with van der Waals surface area (Å²) in [5.41, 5.74) is 3.16. The lowest BCUT2D eigenvalue weighted by molar-refractivity contribution is 0.462. The highest BCUT2D eigenvalue weighted by Crippen LogP contribution is 2.29. The highest BCUT2D eigenvalue weighted by molar-refractivity contribution is 5.53. The van der Waals surface area contributed by atoms with E-state index in [0.717, 1.165) is 17.1 Å². The van der Waals surface area contributed by atoms with Gasteiger partial charge in [-0.1, -0.05) is 0 Å². The molecule has 0 aliphatic rings. The first kappa shape index (κ1) is 12.4. The van der Waals surface area contributed by atoms with Crippen molar-refractivity contribution in [2.45, 2.75) is 26.8 Å². The summed E-state index contributed by atoms with van der Waals surface area (Å²) in [6.45, 7) is 5.64. The number of halogens is 1. The SMILES string of the molecule is Cc1n[nH]c(C)c1NC(C)c1cc(F)ccc1O. The maximum atomic E-state index is 13.2. The van der Waals surface area contributed by atoms with E-state index in [1.807, 2.05) is 20.8 Å². The third-order valence-corrected chi connectivity index (χ3v) is 2.95. The lowest BCUT2D eigenvalue weighted by Crippen LogP contribution is -2.08. The van der Waals surface area contributed by atoms with Crippen molar-refractivity contribution in [1.29, 1.82) is 0 Å². The fourth-order valence-corrected chi connectivity index (χ4v) is 1.93. The van der Waals surface area contributed by atoms with Crippen molar-refractivity contribution in [3.05, 3.63) is 41.0 Å². The van der Waals surface area contributed by atoms with E-state index in [0.29, 0.717) is 5.56 Å². The third kappa shape index (κ3) is 2.30. The largest absolute Gasteiger partial charge is 0.508 e. The molecule has 0 saturated carbocycles. The van der Waals surface area contributed by atoms with Gasteiger partial charge in [0.15, 0.2) is 0 Å². The van der Waals surface area contributed by atoms with E-state index in [1.54, 1.807) is 0 Å². The second-order valence-corrected chi connectivity index (χ2v) is 4.38. The summed E-state index contributed by atoms with van der Waals surface area (Å²) in [5.74, 6) is -0.285. The van der Waals surface area contributed by atoms with Gasteiger partial charge >= 0.3 is 0 Å². The number of nitrogens with zero attached hydrogens (tertiary/aromatic N) is 1. The molecule has 0 fully saturated rings. The van der Waals surface area contributed by atoms with Crippen LogP contribution in [-0.2, 0) is 0 Å². The van der Waals surface area contributed by atoms with Gasteiger partial charge in [-0.2, -0.15) is 5.10 Å². The van der Waals surface area contributed by atoms with Crippen molar-refractivity contribution in [1.82, 2.24) is 10.2 Å². The van der Waals surface area contributed by atoms with Gasteiger partial charge in [0.1, 0.15) is 11.6 Å². The average Bonchev–Trinajstić information content (AvgIpc) is 2.64. The first-order chi connectivity index (χ1) is 8.49. The van der Waals surface area contributed by atoms with Crippen molar-refractivity contribution >= 4 is 5.69 Å². The van der Waals surface area contributed by atoms with E-state index in [1.165, 1.54) is 18.2 Å². The zero-order valence-corrected chi connectivity index (χ0v) is 10.6. The number of aromatic amines is 1. The number of aromatic hydroxyl groups is 1. The number of H-pyrrole nitrogens is 1. The molecular formula is C13H16FN3O. The fourth-order valence-electron chi connectivity index (χ4n) is 1.93. The van der Waals surface area contributed by atoms with Gasteiger partial charge in [-0.15, -0.1) is 0 Å². The minimum absolute atomic E-state index is 0.0789. The fraction of sp³-hybridized carbons (Fsp3) is 0.308. The van der Waals surface area contributed by atoms with Gasteiger partial charge in [-0.25, -0.2) is 4.39 Å². The molecule has 0 aliphatic heterocycles. The summed E-state index contributed by atoms with van der Waals surface area (Å²) < 4.78 is 13.2. The van der Waals surface area contributed by atoms with Gasteiger partial charge in [0, 0.05) is 5.56 Å². The van der Waals surface area contributed by atoms with Gasteiger partial charge < -0.3 is 10.4 Å². The lowest BCUT2D eigenvalue weighted by atomic mass is 10.1. The topological polar surface area (TPSA) is 60.9 Å². The minimum Gasteiger partial charge on any atom is -0.508 e. The van der Waals surface area contributed by atoms with Crippen LogP contribution < -0.4 is 5.32 Å². The van der Waals surface area contributed by atoms with Crippen LogP contribution in [0.15, 0.2) is 18.2 Å². The number of phenols is 1. The van der Waals surface area contributed by atoms with Gasteiger partial charge in [0.05, 0.1) is 23.1 Å². The van der Waals surface area contributed by atoms with Crippen LogP contribution in [0.25, 0.3) is 0 Å². The summed E-state index contributed by atoms with van der Waals surface area (Å²) in [5, 5.41) is 19.9. The van der Waals surface area contributed by atoms with Crippen molar-refractivity contribution in [2.24, 2.45) is 0 Å². The quantitative estimate of drug-likeness (QED) is 0.783. The Labute approximate surface area is 105 Å². The Bertz CT molecular complexity index is 546. The Morgan fingerprint density at radius 1 is 1.39 bits per heavy atom. The Balaban J connectivity index is 2.27. The molecule has 1 aromatic heterocycles. The van der Waals surface area contributed by atoms with E-state index in [4.69, 9.17) is 0 Å². The molecule has 0 amide bonds. The summed E-state index contributed by atoms with van der Waals surface area (Å²) >= 11 is 0. The number of nitrogens with one attached hydrogen (secondary N) is 2. The number of hydrogen-bond acceptors (Lipinski definition) is 3. The molecule has 96 valence electrons. The van der Waals surface area contributed by atoms with Crippen LogP contribution in [0.2, 0.25) is 0 Å². The number of aryl methyl sites for hydroxylation is 2. The molecule has 0 saturated heterocycles. The zero-order chi connectivity index (χ0) is 13.3. The standard InChI is InChI=1S/C13H16FN3O/c1-7(11-6-10(14)4-5-12(11)18)15-13-8(2)16-17-9(13)3/h4-7,15,18H,1-3H3,(H,16,17). The molecule has 0 aliphatic carbocycles. The zero-order valence-electron chi connectivity index (χ0n) is 10.6. The third-order valence-electron chi connectivity index (χ3n) is 2.95. The first-order valence-electron chi connectivity index (χ1n) is 5.75. The molecule has 0 spiro atoms. The highest BCUT2D eigenvalue weighted by atomic mass is 19.1. The van der Waals surface area contributed by atoms with Crippen LogP contribution in [0, 0.1) is 19.7 Å². The molecule has 2 aromatic rings. The molecule has 5 heteroatoms. The van der Waals surface area contributed by atoms with Crippen molar-refractivity contribution < 1.29 is 9.50 Å². The molecule has 3 N–H and O–H groups in total. The number of benzene rings is 1. The van der Waals surface area contributed by atoms with Crippen LogP contribution in [0.5, 0.6) is 5.75 Å². The second kappa shape index (κ2) is 4.68. The lowest BCUT2D eigenvalue weighted by Gasteiger charge is -2.17. The van der Waals surface area contributed by atoms with E-state index in [-0.39, 0.29) is 17.6 Å². The Morgan fingerprint density at radius 3 is 2.72 bits per heavy atom. The number of hydrogen-bond donors (Lipinski definition) is 3. The smallest absolute Gasteiger partial charge is 0.123 e. The number of rotatable bonds is 3. The summed E-state index contributed by atoms with van der Waals surface area (Å²) in [7, 11) is 0. The van der Waals surface area contributed by atoms with Gasteiger partial charge in [-0.3, -0.25) is 5.10 Å². The maximum absolute atomic E-state index is 13.2. The van der Waals surface area contributed by atoms with Crippen LogP contribution >= 0.6 is 0 Å². The molecule has 1 heterocycles. The van der Waals surface area contributed by atoms with Crippen molar-refractivity contribution in [3.8, 4) is 5.75 Å². The highest BCUT2D eigenvalue weighted by Gasteiger charge is 2.14. The minimum atomic E-state index is -0.364. The molecule has 0 radical (unpaired) electrons. The first-order valence-corrected chi connectivity index (χ1v) is 5.75. The number of anilines is 1. The predicted octanol–water partition coefficient (Wildman–Crippen LogP) is 3.04. The molecule has 0 bridgehead atoms. The van der Waals surface area contributed by atoms with Crippen molar-refractivity contribution in [2.75, 3.05) is 5.32 Å². The molecule has 1 atom stereocenters. The normalized spacial score (nSPS) is 12.4. The van der Waals surface area contributed by atoms with Crippen LogP contribution in [0.1, 0.15) is 29.9 Å². The van der Waals surface area contributed by atoms with E-state index < -0.39 is 0 Å². The molecule has 1 aromatic carbocycles. The summed E-state index contributed by atoms with van der Waals surface area (Å²) in [6, 6.07) is 3.71. The Kier molecular flexibility index (Phi) is 3.23. The second-order valence-electron chi connectivity index (χ2n) is 4.38. The number of phenolic OH excluding ortho intramolecular Hbond substituents is 1. The van der Waals surface area contributed by atoms with E-state index in [9.17, 15) is 9.50 Å². The van der Waals surface area contributed by atoms with Crippen molar-refractivity contribution in [3.63, 3.8) is 0 Å². The molecule has 18 heavy (non-hydrogen) atoms. The Morgan fingerprint density at radius 2 is 2.11 bits per heavy atom. The molecule has 2 rings (SSSR count). The van der Waals surface area contributed by atoms with E-state index in [2.05, 4.69) is 15.5 Å². The molecule has 4 nitrogen and oxygen atoms in total. The summed E-state index contributed by atoms with van der Waals surface area (Å²) in [4.78, 5) is 0. The van der Waals surface area contributed by atoms with Crippen LogP contribution in [-0.4, -0.2) is 15.3 Å². The predicted molar refractivity (Wildman–Crippen MR) is 68.2 cm³/mol. The molecular weight excluding hydrogens is 233 g/mol. The monoisotopic (exact) mass is 249 g/mol. The van der Waals surface area contributed by atoms with Gasteiger partial charge in [-0.05, 0) is 39.0 Å². The van der Waals surface area contributed by atoms with Gasteiger partial charge in [0.2, 0.25) is 0 Å². The van der Waals surface area contributed by atoms with Crippen LogP contribution in [0.4, 0.5) is 10.1 Å².